The highest BCUT2D eigenvalue weighted by atomic mass is 32.1. The number of rotatable bonds is 2. The zero-order valence-electron chi connectivity index (χ0n) is 12.9. The molecule has 0 aromatic carbocycles. The number of nitrogens with one attached hydrogen (secondary N) is 1. The van der Waals surface area contributed by atoms with Gasteiger partial charge in [-0.15, -0.1) is 11.3 Å². The Labute approximate surface area is 130 Å². The molecular formula is C17H24N2OS. The fourth-order valence-electron chi connectivity index (χ4n) is 3.95. The summed E-state index contributed by atoms with van der Waals surface area (Å²) in [5.41, 5.74) is -0.203. The van der Waals surface area contributed by atoms with E-state index in [1.807, 2.05) is 11.3 Å². The fraction of sp³-hybridized carbons (Fsp3) is 0.706. The quantitative estimate of drug-likeness (QED) is 0.905. The second-order valence-electron chi connectivity index (χ2n) is 7.20. The Morgan fingerprint density at radius 2 is 1.95 bits per heavy atom. The Kier molecular flexibility index (Phi) is 3.16. The van der Waals surface area contributed by atoms with Gasteiger partial charge >= 0.3 is 0 Å². The van der Waals surface area contributed by atoms with Crippen molar-refractivity contribution in [3.63, 3.8) is 0 Å². The van der Waals surface area contributed by atoms with Crippen LogP contribution in [0.5, 0.6) is 0 Å². The Balaban J connectivity index is 1.63. The lowest BCUT2D eigenvalue weighted by molar-refractivity contribution is -0.133. The summed E-state index contributed by atoms with van der Waals surface area (Å²) in [6.07, 6.45) is 7.03. The summed E-state index contributed by atoms with van der Waals surface area (Å²) >= 11 is 1.83. The molecular weight excluding hydrogens is 280 g/mol. The minimum Gasteiger partial charge on any atom is -0.317 e. The number of aryl methyl sites for hydroxylation is 1. The third kappa shape index (κ3) is 2.23. The van der Waals surface area contributed by atoms with Gasteiger partial charge in [-0.2, -0.15) is 0 Å². The topological polar surface area (TPSA) is 32.3 Å². The summed E-state index contributed by atoms with van der Waals surface area (Å²) in [6, 6.07) is 4.81. The molecule has 1 saturated heterocycles. The van der Waals surface area contributed by atoms with Crippen LogP contribution in [0.2, 0.25) is 0 Å². The molecule has 1 unspecified atom stereocenters. The van der Waals surface area contributed by atoms with Crippen LogP contribution in [0.1, 0.15) is 61.4 Å². The zero-order chi connectivity index (χ0) is 14.6. The van der Waals surface area contributed by atoms with Crippen molar-refractivity contribution in [2.24, 2.45) is 5.92 Å². The molecule has 3 aliphatic rings. The van der Waals surface area contributed by atoms with Gasteiger partial charge in [0.2, 0.25) is 5.91 Å². The molecule has 1 aliphatic heterocycles. The highest BCUT2D eigenvalue weighted by Gasteiger charge is 2.60. The molecule has 1 spiro atoms. The van der Waals surface area contributed by atoms with Crippen LogP contribution in [0.4, 0.5) is 0 Å². The van der Waals surface area contributed by atoms with Crippen LogP contribution in [0.3, 0.4) is 0 Å². The molecule has 1 atom stereocenters. The standard InChI is InChI=1S/C17H24N2OS/c1-11-3-6-13(7-4-11)19-15(14-8-5-12(2)21-14)18-17(9-10-17)16(19)20/h5,8,11,13,15,18H,3-4,6-7,9-10H2,1-2H3. The molecule has 0 bridgehead atoms. The van der Waals surface area contributed by atoms with Gasteiger partial charge < -0.3 is 4.90 Å². The second-order valence-corrected chi connectivity index (χ2v) is 8.52. The number of nitrogens with zero attached hydrogens (tertiary/aromatic N) is 1. The lowest BCUT2D eigenvalue weighted by Gasteiger charge is -2.36. The van der Waals surface area contributed by atoms with Crippen LogP contribution >= 0.6 is 11.3 Å². The van der Waals surface area contributed by atoms with Crippen LogP contribution in [0.25, 0.3) is 0 Å². The first-order valence-corrected chi connectivity index (χ1v) is 9.07. The normalized spacial score (nSPS) is 34.7. The summed E-state index contributed by atoms with van der Waals surface area (Å²) in [7, 11) is 0. The molecule has 114 valence electrons. The van der Waals surface area contributed by atoms with Crippen molar-refractivity contribution in [2.45, 2.75) is 70.1 Å². The van der Waals surface area contributed by atoms with Gasteiger partial charge in [-0.3, -0.25) is 10.1 Å². The SMILES string of the molecule is Cc1ccc(C2NC3(CC3)C(=O)N2C2CCC(C)CC2)s1. The summed E-state index contributed by atoms with van der Waals surface area (Å²) in [5.74, 6) is 1.20. The van der Waals surface area contributed by atoms with Crippen LogP contribution < -0.4 is 5.32 Å². The Morgan fingerprint density at radius 3 is 2.52 bits per heavy atom. The zero-order valence-corrected chi connectivity index (χ0v) is 13.7. The van der Waals surface area contributed by atoms with Crippen molar-refractivity contribution < 1.29 is 4.79 Å². The van der Waals surface area contributed by atoms with E-state index in [1.54, 1.807) is 0 Å². The minimum absolute atomic E-state index is 0.122. The minimum atomic E-state index is -0.203. The number of carbonyl (C=O) groups excluding carboxylic acids is 1. The van der Waals surface area contributed by atoms with Crippen LogP contribution in [-0.2, 0) is 4.79 Å². The van der Waals surface area contributed by atoms with E-state index in [9.17, 15) is 4.79 Å². The maximum absolute atomic E-state index is 12.9. The molecule has 3 nitrogen and oxygen atoms in total. The number of thiophene rings is 1. The predicted molar refractivity (Wildman–Crippen MR) is 85.2 cm³/mol. The summed E-state index contributed by atoms with van der Waals surface area (Å²) < 4.78 is 0. The van der Waals surface area contributed by atoms with Crippen LogP contribution in [0.15, 0.2) is 12.1 Å². The van der Waals surface area contributed by atoms with Gasteiger partial charge in [0, 0.05) is 15.8 Å². The molecule has 3 fully saturated rings. The number of amides is 1. The van der Waals surface area contributed by atoms with Crippen molar-refractivity contribution in [1.82, 2.24) is 10.2 Å². The van der Waals surface area contributed by atoms with E-state index in [0.717, 1.165) is 18.8 Å². The monoisotopic (exact) mass is 304 g/mol. The van der Waals surface area contributed by atoms with Crippen LogP contribution in [0, 0.1) is 12.8 Å². The average Bonchev–Trinajstić information content (AvgIpc) is 3.04. The number of carbonyl (C=O) groups is 1. The Bertz CT molecular complexity index is 555. The molecule has 1 aromatic heterocycles. The van der Waals surface area contributed by atoms with Gasteiger partial charge in [-0.1, -0.05) is 6.92 Å². The van der Waals surface area contributed by atoms with Gasteiger partial charge in [-0.05, 0) is 63.5 Å². The number of hydrogen-bond acceptors (Lipinski definition) is 3. The maximum Gasteiger partial charge on any atom is 0.244 e. The van der Waals surface area contributed by atoms with E-state index < -0.39 is 0 Å². The molecule has 1 N–H and O–H groups in total. The first-order valence-electron chi connectivity index (χ1n) is 8.26. The molecule has 4 heteroatoms. The van der Waals surface area contributed by atoms with Gasteiger partial charge in [0.05, 0.1) is 0 Å². The number of hydrogen-bond donors (Lipinski definition) is 1. The van der Waals surface area contributed by atoms with E-state index in [2.05, 4.69) is 36.2 Å². The summed E-state index contributed by atoms with van der Waals surface area (Å²) in [5, 5.41) is 3.67. The molecule has 1 aromatic rings. The van der Waals surface area contributed by atoms with E-state index in [-0.39, 0.29) is 11.7 Å². The molecule has 2 aliphatic carbocycles. The predicted octanol–water partition coefficient (Wildman–Crippen LogP) is 3.60. The smallest absolute Gasteiger partial charge is 0.244 e. The third-order valence-electron chi connectivity index (χ3n) is 5.49. The Morgan fingerprint density at radius 1 is 1.24 bits per heavy atom. The molecule has 21 heavy (non-hydrogen) atoms. The highest BCUT2D eigenvalue weighted by molar-refractivity contribution is 7.12. The summed E-state index contributed by atoms with van der Waals surface area (Å²) in [4.78, 5) is 17.8. The van der Waals surface area contributed by atoms with Gasteiger partial charge in [0.25, 0.3) is 0 Å². The molecule has 2 saturated carbocycles. The lowest BCUT2D eigenvalue weighted by atomic mass is 9.86. The first kappa shape index (κ1) is 13.8. The van der Waals surface area contributed by atoms with E-state index in [4.69, 9.17) is 0 Å². The summed E-state index contributed by atoms with van der Waals surface area (Å²) in [6.45, 7) is 4.48. The van der Waals surface area contributed by atoms with Crippen LogP contribution in [-0.4, -0.2) is 22.4 Å². The second kappa shape index (κ2) is 4.82. The third-order valence-corrected chi connectivity index (χ3v) is 6.55. The fourth-order valence-corrected chi connectivity index (χ4v) is 4.87. The van der Waals surface area contributed by atoms with E-state index >= 15 is 0 Å². The van der Waals surface area contributed by atoms with E-state index in [0.29, 0.717) is 11.9 Å². The van der Waals surface area contributed by atoms with Gasteiger partial charge in [0.15, 0.2) is 0 Å². The Hall–Kier alpha value is -0.870. The molecule has 0 radical (unpaired) electrons. The van der Waals surface area contributed by atoms with Crippen molar-refractivity contribution in [1.29, 1.82) is 0 Å². The molecule has 1 amide bonds. The largest absolute Gasteiger partial charge is 0.317 e. The van der Waals surface area contributed by atoms with Crippen molar-refractivity contribution in [3.05, 3.63) is 21.9 Å². The van der Waals surface area contributed by atoms with E-state index in [1.165, 1.54) is 35.4 Å². The molecule has 4 rings (SSSR count). The van der Waals surface area contributed by atoms with Crippen molar-refractivity contribution in [2.75, 3.05) is 0 Å². The van der Waals surface area contributed by atoms with Gasteiger partial charge in [0.1, 0.15) is 11.7 Å². The van der Waals surface area contributed by atoms with Crippen molar-refractivity contribution in [3.8, 4) is 0 Å². The average molecular weight is 304 g/mol. The van der Waals surface area contributed by atoms with Gasteiger partial charge in [-0.25, -0.2) is 0 Å². The maximum atomic E-state index is 12.9. The first-order chi connectivity index (χ1) is 10.1. The highest BCUT2D eigenvalue weighted by Crippen LogP contribution is 2.49. The lowest BCUT2D eigenvalue weighted by Crippen LogP contribution is -2.42. The van der Waals surface area contributed by atoms with Crippen molar-refractivity contribution >= 4 is 17.2 Å². The molecule has 2 heterocycles.